The molecular weight excluding hydrogens is 162 g/mol. The SMILES string of the molecule is CC/C=C/C(=O)N(C(C)C)C(C)C. The van der Waals surface area contributed by atoms with Crippen LogP contribution in [-0.4, -0.2) is 22.9 Å². The second-order valence-electron chi connectivity index (χ2n) is 3.74. The van der Waals surface area contributed by atoms with E-state index < -0.39 is 0 Å². The van der Waals surface area contributed by atoms with Gasteiger partial charge in [-0.3, -0.25) is 4.79 Å². The summed E-state index contributed by atoms with van der Waals surface area (Å²) in [5.74, 6) is 0.117. The molecule has 13 heavy (non-hydrogen) atoms. The number of carbonyl (C=O) groups excluding carboxylic acids is 1. The first-order valence-corrected chi connectivity index (χ1v) is 4.99. The molecule has 2 nitrogen and oxygen atoms in total. The maximum Gasteiger partial charge on any atom is 0.246 e. The largest absolute Gasteiger partial charge is 0.334 e. The summed E-state index contributed by atoms with van der Waals surface area (Å²) in [7, 11) is 0. The Hall–Kier alpha value is -0.790. The second-order valence-corrected chi connectivity index (χ2v) is 3.74. The van der Waals surface area contributed by atoms with Gasteiger partial charge in [0.2, 0.25) is 5.91 Å². The van der Waals surface area contributed by atoms with Crippen molar-refractivity contribution in [2.75, 3.05) is 0 Å². The van der Waals surface area contributed by atoms with Crippen LogP contribution in [0.2, 0.25) is 0 Å². The lowest BCUT2D eigenvalue weighted by Gasteiger charge is -2.29. The van der Waals surface area contributed by atoms with Crippen LogP contribution in [0.1, 0.15) is 41.0 Å². The number of amides is 1. The Bertz CT molecular complexity index is 175. The molecule has 0 aliphatic carbocycles. The highest BCUT2D eigenvalue weighted by Gasteiger charge is 2.16. The van der Waals surface area contributed by atoms with Crippen LogP contribution >= 0.6 is 0 Å². The van der Waals surface area contributed by atoms with Gasteiger partial charge in [-0.25, -0.2) is 0 Å². The lowest BCUT2D eigenvalue weighted by atomic mass is 10.2. The van der Waals surface area contributed by atoms with Crippen molar-refractivity contribution in [3.05, 3.63) is 12.2 Å². The van der Waals surface area contributed by atoms with E-state index in [0.717, 1.165) is 6.42 Å². The molecular formula is C11H21NO. The first kappa shape index (κ1) is 12.2. The first-order chi connectivity index (χ1) is 6.00. The third-order valence-corrected chi connectivity index (χ3v) is 1.86. The highest BCUT2D eigenvalue weighted by Crippen LogP contribution is 2.06. The van der Waals surface area contributed by atoms with Gasteiger partial charge in [0.1, 0.15) is 0 Å². The van der Waals surface area contributed by atoms with E-state index in [1.165, 1.54) is 0 Å². The number of hydrogen-bond donors (Lipinski definition) is 0. The van der Waals surface area contributed by atoms with Gasteiger partial charge in [-0.2, -0.15) is 0 Å². The Morgan fingerprint density at radius 3 is 2.00 bits per heavy atom. The molecule has 0 saturated carbocycles. The number of carbonyl (C=O) groups is 1. The van der Waals surface area contributed by atoms with E-state index >= 15 is 0 Å². The van der Waals surface area contributed by atoms with Crippen molar-refractivity contribution < 1.29 is 4.79 Å². The molecule has 0 N–H and O–H groups in total. The van der Waals surface area contributed by atoms with E-state index in [9.17, 15) is 4.79 Å². The summed E-state index contributed by atoms with van der Waals surface area (Å²) in [6, 6.07) is 0.544. The fraction of sp³-hybridized carbons (Fsp3) is 0.727. The molecule has 0 aliphatic heterocycles. The first-order valence-electron chi connectivity index (χ1n) is 4.99. The molecule has 0 spiro atoms. The molecule has 0 aromatic carbocycles. The van der Waals surface area contributed by atoms with Crippen LogP contribution in [0.3, 0.4) is 0 Å². The molecule has 0 fully saturated rings. The molecule has 2 heteroatoms. The van der Waals surface area contributed by atoms with E-state index in [4.69, 9.17) is 0 Å². The van der Waals surface area contributed by atoms with Crippen LogP contribution in [0, 0.1) is 0 Å². The summed E-state index contributed by atoms with van der Waals surface area (Å²) in [5.41, 5.74) is 0. The Morgan fingerprint density at radius 1 is 1.23 bits per heavy atom. The molecule has 0 saturated heterocycles. The van der Waals surface area contributed by atoms with Crippen molar-refractivity contribution in [2.24, 2.45) is 0 Å². The van der Waals surface area contributed by atoms with E-state index in [1.54, 1.807) is 6.08 Å². The Morgan fingerprint density at radius 2 is 1.69 bits per heavy atom. The number of nitrogens with zero attached hydrogens (tertiary/aromatic N) is 1. The van der Waals surface area contributed by atoms with Gasteiger partial charge in [0.15, 0.2) is 0 Å². The van der Waals surface area contributed by atoms with Crippen LogP contribution in [0.25, 0.3) is 0 Å². The van der Waals surface area contributed by atoms with Crippen molar-refractivity contribution in [3.8, 4) is 0 Å². The molecule has 0 heterocycles. The Kier molecular flexibility index (Phi) is 5.44. The summed E-state index contributed by atoms with van der Waals surface area (Å²) in [6.07, 6.45) is 4.48. The molecule has 0 aliphatic rings. The Labute approximate surface area is 81.6 Å². The van der Waals surface area contributed by atoms with Crippen LogP contribution in [-0.2, 0) is 4.79 Å². The average Bonchev–Trinajstić information content (AvgIpc) is 1.99. The van der Waals surface area contributed by atoms with Crippen molar-refractivity contribution in [1.29, 1.82) is 0 Å². The van der Waals surface area contributed by atoms with Crippen LogP contribution in [0.4, 0.5) is 0 Å². The van der Waals surface area contributed by atoms with Gasteiger partial charge < -0.3 is 4.90 Å². The van der Waals surface area contributed by atoms with Gasteiger partial charge in [-0.1, -0.05) is 13.0 Å². The minimum atomic E-state index is 0.117. The van der Waals surface area contributed by atoms with Crippen LogP contribution < -0.4 is 0 Å². The fourth-order valence-electron chi connectivity index (χ4n) is 1.41. The zero-order valence-electron chi connectivity index (χ0n) is 9.37. The fourth-order valence-corrected chi connectivity index (χ4v) is 1.41. The van der Waals surface area contributed by atoms with E-state index in [-0.39, 0.29) is 18.0 Å². The van der Waals surface area contributed by atoms with Gasteiger partial charge in [-0.15, -0.1) is 0 Å². The molecule has 1 amide bonds. The zero-order chi connectivity index (χ0) is 10.4. The summed E-state index contributed by atoms with van der Waals surface area (Å²) in [6.45, 7) is 10.2. The quantitative estimate of drug-likeness (QED) is 0.613. The molecule has 0 atom stereocenters. The average molecular weight is 183 g/mol. The Balaban J connectivity index is 4.38. The highest BCUT2D eigenvalue weighted by molar-refractivity contribution is 5.87. The second kappa shape index (κ2) is 5.79. The standard InChI is InChI=1S/C11H21NO/c1-6-7-8-11(13)12(9(2)3)10(4)5/h7-10H,6H2,1-5H3/b8-7+. The topological polar surface area (TPSA) is 20.3 Å². The predicted molar refractivity (Wildman–Crippen MR) is 56.5 cm³/mol. The van der Waals surface area contributed by atoms with Crippen LogP contribution in [0.15, 0.2) is 12.2 Å². The smallest absolute Gasteiger partial charge is 0.246 e. The number of hydrogen-bond acceptors (Lipinski definition) is 1. The molecule has 0 rings (SSSR count). The summed E-state index contributed by atoms with van der Waals surface area (Å²) in [4.78, 5) is 13.5. The monoisotopic (exact) mass is 183 g/mol. The predicted octanol–water partition coefficient (Wildman–Crippen LogP) is 2.60. The number of allylic oxidation sites excluding steroid dienone is 1. The van der Waals surface area contributed by atoms with Crippen molar-refractivity contribution in [3.63, 3.8) is 0 Å². The van der Waals surface area contributed by atoms with Crippen molar-refractivity contribution >= 4 is 5.91 Å². The third kappa shape index (κ3) is 4.11. The van der Waals surface area contributed by atoms with Crippen LogP contribution in [0.5, 0.6) is 0 Å². The van der Waals surface area contributed by atoms with Crippen molar-refractivity contribution in [2.45, 2.75) is 53.1 Å². The third-order valence-electron chi connectivity index (χ3n) is 1.86. The number of rotatable bonds is 4. The van der Waals surface area contributed by atoms with Gasteiger partial charge in [0.05, 0.1) is 0 Å². The molecule has 76 valence electrons. The van der Waals surface area contributed by atoms with Gasteiger partial charge in [-0.05, 0) is 40.2 Å². The van der Waals surface area contributed by atoms with Gasteiger partial charge in [0, 0.05) is 12.1 Å². The lowest BCUT2D eigenvalue weighted by Crippen LogP contribution is -2.41. The molecule has 0 aromatic rings. The summed E-state index contributed by atoms with van der Waals surface area (Å²) in [5, 5.41) is 0. The van der Waals surface area contributed by atoms with E-state index in [0.29, 0.717) is 0 Å². The maximum atomic E-state index is 11.6. The zero-order valence-corrected chi connectivity index (χ0v) is 9.37. The highest BCUT2D eigenvalue weighted by atomic mass is 16.2. The summed E-state index contributed by atoms with van der Waals surface area (Å²) < 4.78 is 0. The summed E-state index contributed by atoms with van der Waals surface area (Å²) >= 11 is 0. The maximum absolute atomic E-state index is 11.6. The minimum absolute atomic E-state index is 0.117. The lowest BCUT2D eigenvalue weighted by molar-refractivity contribution is -0.129. The van der Waals surface area contributed by atoms with E-state index in [1.807, 2.05) is 45.6 Å². The molecule has 0 unspecified atom stereocenters. The molecule has 0 aromatic heterocycles. The van der Waals surface area contributed by atoms with Crippen molar-refractivity contribution in [1.82, 2.24) is 4.90 Å². The van der Waals surface area contributed by atoms with Gasteiger partial charge in [0.25, 0.3) is 0 Å². The van der Waals surface area contributed by atoms with E-state index in [2.05, 4.69) is 0 Å². The minimum Gasteiger partial charge on any atom is -0.334 e. The molecule has 0 bridgehead atoms. The normalized spacial score (nSPS) is 11.6. The van der Waals surface area contributed by atoms with Gasteiger partial charge >= 0.3 is 0 Å². The molecule has 0 radical (unpaired) electrons.